The SMILES string of the molecule is Cc1ccc(S(=O)(=O)C(OC#N)c2cccc(C)c2)cc1. The van der Waals surface area contributed by atoms with Crippen molar-refractivity contribution in [3.05, 3.63) is 65.2 Å². The van der Waals surface area contributed by atoms with Crippen LogP contribution in [0.15, 0.2) is 53.4 Å². The van der Waals surface area contributed by atoms with Crippen LogP contribution in [0, 0.1) is 25.4 Å². The zero-order valence-electron chi connectivity index (χ0n) is 11.8. The maximum absolute atomic E-state index is 12.7. The van der Waals surface area contributed by atoms with Crippen LogP contribution in [0.4, 0.5) is 0 Å². The van der Waals surface area contributed by atoms with Crippen LogP contribution in [-0.2, 0) is 14.6 Å². The summed E-state index contributed by atoms with van der Waals surface area (Å²) in [6, 6.07) is 13.4. The van der Waals surface area contributed by atoms with Gasteiger partial charge in [-0.15, -0.1) is 0 Å². The van der Waals surface area contributed by atoms with Gasteiger partial charge in [0.1, 0.15) is 0 Å². The lowest BCUT2D eigenvalue weighted by Crippen LogP contribution is -2.15. The molecule has 0 saturated carbocycles. The Hall–Kier alpha value is -2.32. The van der Waals surface area contributed by atoms with E-state index in [1.165, 1.54) is 18.4 Å². The quantitative estimate of drug-likeness (QED) is 0.813. The van der Waals surface area contributed by atoms with Crippen LogP contribution in [0.5, 0.6) is 0 Å². The molecule has 21 heavy (non-hydrogen) atoms. The second-order valence-corrected chi connectivity index (χ2v) is 6.80. The van der Waals surface area contributed by atoms with Crippen LogP contribution in [0.25, 0.3) is 0 Å². The highest BCUT2D eigenvalue weighted by Gasteiger charge is 2.31. The molecule has 0 aliphatic carbocycles. The molecule has 2 aromatic rings. The first-order valence-electron chi connectivity index (χ1n) is 6.37. The van der Waals surface area contributed by atoms with E-state index in [1.807, 2.05) is 19.9 Å². The lowest BCUT2D eigenvalue weighted by molar-refractivity contribution is 0.234. The summed E-state index contributed by atoms with van der Waals surface area (Å²) in [5.74, 6) is 0. The number of benzene rings is 2. The van der Waals surface area contributed by atoms with Gasteiger partial charge in [0.2, 0.25) is 15.3 Å². The summed E-state index contributed by atoms with van der Waals surface area (Å²) in [5, 5.41) is 8.78. The number of hydrogen-bond donors (Lipinski definition) is 0. The molecule has 5 heteroatoms. The van der Waals surface area contributed by atoms with Crippen LogP contribution in [-0.4, -0.2) is 8.42 Å². The van der Waals surface area contributed by atoms with Crippen molar-refractivity contribution >= 4 is 9.84 Å². The highest BCUT2D eigenvalue weighted by molar-refractivity contribution is 7.91. The molecule has 0 radical (unpaired) electrons. The standard InChI is InChI=1S/C16H15NO3S/c1-12-6-8-15(9-7-12)21(18,19)16(20-11-17)14-5-3-4-13(2)10-14/h3-10,16H,1-2H3. The summed E-state index contributed by atoms with van der Waals surface area (Å²) < 4.78 is 30.2. The molecule has 0 spiro atoms. The highest BCUT2D eigenvalue weighted by Crippen LogP contribution is 2.30. The van der Waals surface area contributed by atoms with Crippen molar-refractivity contribution in [3.8, 4) is 6.26 Å². The topological polar surface area (TPSA) is 67.2 Å². The molecule has 0 aliphatic rings. The third-order valence-electron chi connectivity index (χ3n) is 3.11. The van der Waals surface area contributed by atoms with Gasteiger partial charge in [0.25, 0.3) is 6.26 Å². The van der Waals surface area contributed by atoms with Gasteiger partial charge in [-0.2, -0.15) is 5.26 Å². The van der Waals surface area contributed by atoms with E-state index < -0.39 is 15.3 Å². The first-order chi connectivity index (χ1) is 9.95. The average Bonchev–Trinajstić information content (AvgIpc) is 2.45. The maximum atomic E-state index is 12.7. The average molecular weight is 301 g/mol. The van der Waals surface area contributed by atoms with E-state index in [4.69, 9.17) is 10.00 Å². The predicted molar refractivity (Wildman–Crippen MR) is 79.0 cm³/mol. The number of rotatable bonds is 4. The van der Waals surface area contributed by atoms with E-state index in [0.29, 0.717) is 5.56 Å². The summed E-state index contributed by atoms with van der Waals surface area (Å²) >= 11 is 0. The van der Waals surface area contributed by atoms with Gasteiger partial charge in [0.05, 0.1) is 4.90 Å². The summed E-state index contributed by atoms with van der Waals surface area (Å²) in [6.45, 7) is 3.73. The zero-order chi connectivity index (χ0) is 15.5. The van der Waals surface area contributed by atoms with E-state index in [2.05, 4.69) is 0 Å². The number of nitriles is 1. The molecule has 0 aliphatic heterocycles. The predicted octanol–water partition coefficient (Wildman–Crippen LogP) is 3.27. The fourth-order valence-corrected chi connectivity index (χ4v) is 3.46. The van der Waals surface area contributed by atoms with Gasteiger partial charge < -0.3 is 4.74 Å². The minimum atomic E-state index is -3.79. The molecule has 0 saturated heterocycles. The van der Waals surface area contributed by atoms with Crippen molar-refractivity contribution in [2.24, 2.45) is 0 Å². The summed E-state index contributed by atoms with van der Waals surface area (Å²) in [6.07, 6.45) is 1.49. The zero-order valence-corrected chi connectivity index (χ0v) is 12.6. The van der Waals surface area contributed by atoms with Crippen molar-refractivity contribution in [3.63, 3.8) is 0 Å². The van der Waals surface area contributed by atoms with Crippen molar-refractivity contribution in [2.45, 2.75) is 24.2 Å². The van der Waals surface area contributed by atoms with Gasteiger partial charge in [0.15, 0.2) is 0 Å². The fraction of sp³-hybridized carbons (Fsp3) is 0.188. The van der Waals surface area contributed by atoms with Crippen LogP contribution in [0.1, 0.15) is 22.1 Å². The van der Waals surface area contributed by atoms with Crippen molar-refractivity contribution in [1.82, 2.24) is 0 Å². The summed E-state index contributed by atoms with van der Waals surface area (Å²) in [4.78, 5) is 0.134. The van der Waals surface area contributed by atoms with E-state index in [0.717, 1.165) is 11.1 Å². The highest BCUT2D eigenvalue weighted by atomic mass is 32.2. The first-order valence-corrected chi connectivity index (χ1v) is 7.91. The normalized spacial score (nSPS) is 12.4. The molecule has 2 rings (SSSR count). The Balaban J connectivity index is 2.51. The number of sulfone groups is 1. The van der Waals surface area contributed by atoms with Crippen molar-refractivity contribution in [2.75, 3.05) is 0 Å². The second-order valence-electron chi connectivity index (χ2n) is 4.81. The molecule has 2 aromatic carbocycles. The molecule has 0 aromatic heterocycles. The van der Waals surface area contributed by atoms with Crippen LogP contribution in [0.2, 0.25) is 0 Å². The molecular formula is C16H15NO3S. The molecule has 108 valence electrons. The van der Waals surface area contributed by atoms with Crippen molar-refractivity contribution < 1.29 is 13.2 Å². The molecule has 0 bridgehead atoms. The Bertz CT molecular complexity index is 774. The third-order valence-corrected chi connectivity index (χ3v) is 4.97. The third kappa shape index (κ3) is 3.23. The number of aryl methyl sites for hydroxylation is 2. The van der Waals surface area contributed by atoms with Crippen LogP contribution in [0.3, 0.4) is 0 Å². The first kappa shape index (κ1) is 15.1. The minimum Gasteiger partial charge on any atom is -0.402 e. The monoisotopic (exact) mass is 301 g/mol. The minimum absolute atomic E-state index is 0.134. The Kier molecular flexibility index (Phi) is 4.29. The fourth-order valence-electron chi connectivity index (χ4n) is 2.03. The van der Waals surface area contributed by atoms with E-state index in [1.54, 1.807) is 30.3 Å². The van der Waals surface area contributed by atoms with E-state index >= 15 is 0 Å². The molecule has 0 amide bonds. The lowest BCUT2D eigenvalue weighted by atomic mass is 10.1. The Morgan fingerprint density at radius 1 is 1.05 bits per heavy atom. The van der Waals surface area contributed by atoms with Gasteiger partial charge in [0, 0.05) is 5.56 Å². The van der Waals surface area contributed by atoms with E-state index in [9.17, 15) is 8.42 Å². The van der Waals surface area contributed by atoms with Gasteiger partial charge in [-0.05, 0) is 26.0 Å². The van der Waals surface area contributed by atoms with Gasteiger partial charge in [-0.3, -0.25) is 0 Å². The lowest BCUT2D eigenvalue weighted by Gasteiger charge is -2.16. The Labute approximate surface area is 124 Å². The molecule has 0 heterocycles. The molecular weight excluding hydrogens is 286 g/mol. The number of ether oxygens (including phenoxy) is 1. The van der Waals surface area contributed by atoms with Gasteiger partial charge in [-0.25, -0.2) is 8.42 Å². The van der Waals surface area contributed by atoms with E-state index in [-0.39, 0.29) is 4.90 Å². The van der Waals surface area contributed by atoms with Gasteiger partial charge >= 0.3 is 0 Å². The van der Waals surface area contributed by atoms with Gasteiger partial charge in [-0.1, -0.05) is 47.5 Å². The Morgan fingerprint density at radius 2 is 1.71 bits per heavy atom. The summed E-state index contributed by atoms with van der Waals surface area (Å²) in [7, 11) is -3.79. The van der Waals surface area contributed by atoms with Crippen molar-refractivity contribution in [1.29, 1.82) is 5.26 Å². The maximum Gasteiger partial charge on any atom is 0.288 e. The molecule has 4 nitrogen and oxygen atoms in total. The van der Waals surface area contributed by atoms with Crippen LogP contribution < -0.4 is 0 Å². The number of hydrogen-bond acceptors (Lipinski definition) is 4. The smallest absolute Gasteiger partial charge is 0.288 e. The summed E-state index contributed by atoms with van der Waals surface area (Å²) in [5.41, 5.74) is 0.975. The largest absolute Gasteiger partial charge is 0.402 e. The molecule has 1 atom stereocenters. The second kappa shape index (κ2) is 5.98. The molecule has 1 unspecified atom stereocenters. The molecule has 0 fully saturated rings. The number of nitrogens with zero attached hydrogens (tertiary/aromatic N) is 1. The molecule has 0 N–H and O–H groups in total. The Morgan fingerprint density at radius 3 is 2.29 bits per heavy atom. The van der Waals surface area contributed by atoms with Crippen LogP contribution >= 0.6 is 0 Å².